The van der Waals surface area contributed by atoms with Crippen molar-refractivity contribution in [3.63, 3.8) is 0 Å². The summed E-state index contributed by atoms with van der Waals surface area (Å²) < 4.78 is 10.7. The summed E-state index contributed by atoms with van der Waals surface area (Å²) >= 11 is 0. The molecule has 6 heteroatoms. The number of benzene rings is 2. The molecule has 2 unspecified atom stereocenters. The maximum atomic E-state index is 12.5. The number of ether oxygens (including phenoxy) is 2. The second-order valence-corrected chi connectivity index (χ2v) is 6.94. The third kappa shape index (κ3) is 5.25. The van der Waals surface area contributed by atoms with Gasteiger partial charge >= 0.3 is 0 Å². The molecule has 1 saturated carbocycles. The lowest BCUT2D eigenvalue weighted by Gasteiger charge is -2.17. The molecule has 1 aliphatic carbocycles. The van der Waals surface area contributed by atoms with E-state index >= 15 is 0 Å². The summed E-state index contributed by atoms with van der Waals surface area (Å²) in [4.78, 5) is 26.4. The normalized spacial score (nSPS) is 17.5. The van der Waals surface area contributed by atoms with E-state index in [9.17, 15) is 9.59 Å². The third-order valence-corrected chi connectivity index (χ3v) is 4.81. The SMILES string of the molecule is COc1ccc(OCCNC(=O)C2CC2C(=O)N(C)Cc2ccccc2)cc1. The maximum Gasteiger partial charge on any atom is 0.226 e. The van der Waals surface area contributed by atoms with Crippen molar-refractivity contribution in [2.24, 2.45) is 11.8 Å². The van der Waals surface area contributed by atoms with E-state index in [0.717, 1.165) is 17.1 Å². The van der Waals surface area contributed by atoms with Crippen LogP contribution in [0, 0.1) is 11.8 Å². The van der Waals surface area contributed by atoms with Crippen LogP contribution < -0.4 is 14.8 Å². The van der Waals surface area contributed by atoms with Crippen LogP contribution >= 0.6 is 0 Å². The standard InChI is InChI=1S/C22H26N2O4/c1-24(15-16-6-4-3-5-7-16)22(26)20-14-19(20)21(25)23-12-13-28-18-10-8-17(27-2)9-11-18/h3-11,19-20H,12-15H2,1-2H3,(H,23,25). The summed E-state index contributed by atoms with van der Waals surface area (Å²) in [5, 5.41) is 2.85. The van der Waals surface area contributed by atoms with Crippen molar-refractivity contribution in [2.45, 2.75) is 13.0 Å². The molecule has 0 bridgehead atoms. The van der Waals surface area contributed by atoms with E-state index in [1.54, 1.807) is 19.1 Å². The number of amides is 2. The van der Waals surface area contributed by atoms with Gasteiger partial charge in [-0.2, -0.15) is 0 Å². The van der Waals surface area contributed by atoms with Crippen LogP contribution in [0.4, 0.5) is 0 Å². The number of methoxy groups -OCH3 is 1. The Hall–Kier alpha value is -3.02. The van der Waals surface area contributed by atoms with Gasteiger partial charge in [0.15, 0.2) is 0 Å². The molecule has 6 nitrogen and oxygen atoms in total. The van der Waals surface area contributed by atoms with Crippen molar-refractivity contribution >= 4 is 11.8 Å². The van der Waals surface area contributed by atoms with Gasteiger partial charge in [0.05, 0.1) is 25.5 Å². The van der Waals surface area contributed by atoms with Crippen molar-refractivity contribution in [1.29, 1.82) is 0 Å². The highest BCUT2D eigenvalue weighted by molar-refractivity contribution is 5.92. The van der Waals surface area contributed by atoms with Crippen LogP contribution in [0.5, 0.6) is 11.5 Å². The van der Waals surface area contributed by atoms with Crippen LogP contribution in [0.25, 0.3) is 0 Å². The molecular formula is C22H26N2O4. The number of hydrogen-bond acceptors (Lipinski definition) is 4. The number of rotatable bonds is 9. The highest BCUT2D eigenvalue weighted by Crippen LogP contribution is 2.40. The minimum Gasteiger partial charge on any atom is -0.497 e. The Labute approximate surface area is 165 Å². The van der Waals surface area contributed by atoms with Crippen LogP contribution in [0.2, 0.25) is 0 Å². The zero-order valence-electron chi connectivity index (χ0n) is 16.3. The summed E-state index contributed by atoms with van der Waals surface area (Å²) in [7, 11) is 3.39. The molecule has 2 amide bonds. The van der Waals surface area contributed by atoms with E-state index in [4.69, 9.17) is 9.47 Å². The van der Waals surface area contributed by atoms with Gasteiger partial charge in [0.2, 0.25) is 11.8 Å². The molecule has 3 rings (SSSR count). The molecular weight excluding hydrogens is 356 g/mol. The monoisotopic (exact) mass is 382 g/mol. The Balaban J connectivity index is 1.36. The number of nitrogens with zero attached hydrogens (tertiary/aromatic N) is 1. The minimum atomic E-state index is -0.230. The number of hydrogen-bond donors (Lipinski definition) is 1. The van der Waals surface area contributed by atoms with Crippen LogP contribution in [0.15, 0.2) is 54.6 Å². The van der Waals surface area contributed by atoms with Gasteiger partial charge in [-0.25, -0.2) is 0 Å². The predicted octanol–water partition coefficient (Wildman–Crippen LogP) is 2.48. The smallest absolute Gasteiger partial charge is 0.226 e. The van der Waals surface area contributed by atoms with Gasteiger partial charge in [-0.15, -0.1) is 0 Å². The van der Waals surface area contributed by atoms with Crippen molar-refractivity contribution in [2.75, 3.05) is 27.3 Å². The Morgan fingerprint density at radius 3 is 2.39 bits per heavy atom. The molecule has 1 fully saturated rings. The Kier molecular flexibility index (Phi) is 6.53. The van der Waals surface area contributed by atoms with Gasteiger partial charge in [0.1, 0.15) is 18.1 Å². The first-order valence-corrected chi connectivity index (χ1v) is 9.42. The van der Waals surface area contributed by atoms with E-state index in [1.807, 2.05) is 54.6 Å². The second-order valence-electron chi connectivity index (χ2n) is 6.94. The zero-order chi connectivity index (χ0) is 19.9. The van der Waals surface area contributed by atoms with Gasteiger partial charge in [0, 0.05) is 13.6 Å². The molecule has 2 aromatic rings. The van der Waals surface area contributed by atoms with Crippen molar-refractivity contribution in [3.05, 3.63) is 60.2 Å². The molecule has 0 aromatic heterocycles. The molecule has 148 valence electrons. The molecule has 0 spiro atoms. The molecule has 28 heavy (non-hydrogen) atoms. The molecule has 0 saturated heterocycles. The molecule has 1 N–H and O–H groups in total. The Bertz CT molecular complexity index is 792. The van der Waals surface area contributed by atoms with Crippen LogP contribution in [-0.2, 0) is 16.1 Å². The second kappa shape index (κ2) is 9.26. The first-order valence-electron chi connectivity index (χ1n) is 9.42. The summed E-state index contributed by atoms with van der Waals surface area (Å²) in [6.45, 7) is 1.33. The molecule has 2 atom stereocenters. The summed E-state index contributed by atoms with van der Waals surface area (Å²) in [5.41, 5.74) is 1.08. The van der Waals surface area contributed by atoms with Gasteiger partial charge in [-0.05, 0) is 36.2 Å². The summed E-state index contributed by atoms with van der Waals surface area (Å²) in [6.07, 6.45) is 0.614. The van der Waals surface area contributed by atoms with Gasteiger partial charge < -0.3 is 19.7 Å². The molecule has 0 heterocycles. The van der Waals surface area contributed by atoms with Crippen molar-refractivity contribution in [1.82, 2.24) is 10.2 Å². The van der Waals surface area contributed by atoms with Gasteiger partial charge in [0.25, 0.3) is 0 Å². The topological polar surface area (TPSA) is 67.9 Å². The lowest BCUT2D eigenvalue weighted by atomic mass is 10.2. The largest absolute Gasteiger partial charge is 0.497 e. The van der Waals surface area contributed by atoms with Gasteiger partial charge in [-0.3, -0.25) is 9.59 Å². The zero-order valence-corrected chi connectivity index (χ0v) is 16.3. The lowest BCUT2D eigenvalue weighted by Crippen LogP contribution is -2.33. The fourth-order valence-electron chi connectivity index (χ4n) is 3.12. The Morgan fingerprint density at radius 1 is 1.04 bits per heavy atom. The van der Waals surface area contributed by atoms with Gasteiger partial charge in [-0.1, -0.05) is 30.3 Å². The van der Waals surface area contributed by atoms with E-state index in [0.29, 0.717) is 26.1 Å². The Morgan fingerprint density at radius 2 is 1.71 bits per heavy atom. The maximum absolute atomic E-state index is 12.5. The van der Waals surface area contributed by atoms with E-state index in [1.165, 1.54) is 0 Å². The quantitative estimate of drug-likeness (QED) is 0.677. The average Bonchev–Trinajstić information content (AvgIpc) is 3.52. The van der Waals surface area contributed by atoms with E-state index in [2.05, 4.69) is 5.32 Å². The van der Waals surface area contributed by atoms with E-state index < -0.39 is 0 Å². The molecule has 0 aliphatic heterocycles. The number of nitrogens with one attached hydrogen (secondary N) is 1. The van der Waals surface area contributed by atoms with Crippen LogP contribution in [-0.4, -0.2) is 44.0 Å². The average molecular weight is 382 g/mol. The molecule has 1 aliphatic rings. The first-order chi connectivity index (χ1) is 13.6. The third-order valence-electron chi connectivity index (χ3n) is 4.81. The molecule has 2 aromatic carbocycles. The first kappa shape index (κ1) is 19.7. The molecule has 0 radical (unpaired) electrons. The fourth-order valence-corrected chi connectivity index (χ4v) is 3.12. The van der Waals surface area contributed by atoms with Crippen molar-refractivity contribution < 1.29 is 19.1 Å². The highest BCUT2D eigenvalue weighted by atomic mass is 16.5. The van der Waals surface area contributed by atoms with Crippen LogP contribution in [0.3, 0.4) is 0 Å². The van der Waals surface area contributed by atoms with Crippen LogP contribution in [0.1, 0.15) is 12.0 Å². The highest BCUT2D eigenvalue weighted by Gasteiger charge is 2.48. The van der Waals surface area contributed by atoms with Crippen molar-refractivity contribution in [3.8, 4) is 11.5 Å². The lowest BCUT2D eigenvalue weighted by molar-refractivity contribution is -0.134. The summed E-state index contributed by atoms with van der Waals surface area (Å²) in [5.74, 6) is 0.991. The minimum absolute atomic E-state index is 0.0264. The number of carbonyl (C=O) groups is 2. The number of carbonyl (C=O) groups excluding carboxylic acids is 2. The summed E-state index contributed by atoms with van der Waals surface area (Å²) in [6, 6.07) is 17.1. The fraction of sp³-hybridized carbons (Fsp3) is 0.364. The van der Waals surface area contributed by atoms with E-state index in [-0.39, 0.29) is 23.7 Å². The predicted molar refractivity (Wildman–Crippen MR) is 106 cm³/mol.